The molecule has 0 aliphatic heterocycles. The summed E-state index contributed by atoms with van der Waals surface area (Å²) in [5.41, 5.74) is 6.00. The quantitative estimate of drug-likeness (QED) is 0.532. The van der Waals surface area contributed by atoms with Gasteiger partial charge >= 0.3 is 0 Å². The van der Waals surface area contributed by atoms with E-state index in [2.05, 4.69) is 21.2 Å². The molecule has 7 nitrogen and oxygen atoms in total. The maximum atomic E-state index is 13.2. The third-order valence-corrected chi connectivity index (χ3v) is 6.52. The van der Waals surface area contributed by atoms with Gasteiger partial charge in [-0.3, -0.25) is 13.9 Å². The minimum absolute atomic E-state index is 0.0539. The van der Waals surface area contributed by atoms with Gasteiger partial charge in [-0.2, -0.15) is 0 Å². The SMILES string of the molecule is NC(=O)c1ccccc1NC(=O)CN(c1ccc(Br)cc1)S(=O)(=O)c1ccccc1. The number of halogens is 1. The lowest BCUT2D eigenvalue weighted by Crippen LogP contribution is -2.38. The van der Waals surface area contributed by atoms with E-state index < -0.39 is 28.4 Å². The monoisotopic (exact) mass is 487 g/mol. The van der Waals surface area contributed by atoms with Crippen molar-refractivity contribution >= 4 is 49.1 Å². The Bertz CT molecular complexity index is 1170. The van der Waals surface area contributed by atoms with Crippen LogP contribution >= 0.6 is 15.9 Å². The van der Waals surface area contributed by atoms with Crippen LogP contribution in [0.4, 0.5) is 11.4 Å². The molecule has 154 valence electrons. The molecule has 0 spiro atoms. The number of hydrogen-bond donors (Lipinski definition) is 2. The summed E-state index contributed by atoms with van der Waals surface area (Å²) >= 11 is 3.32. The molecule has 30 heavy (non-hydrogen) atoms. The van der Waals surface area contributed by atoms with E-state index in [1.165, 1.54) is 24.3 Å². The van der Waals surface area contributed by atoms with Crippen molar-refractivity contribution < 1.29 is 18.0 Å². The largest absolute Gasteiger partial charge is 0.366 e. The van der Waals surface area contributed by atoms with Crippen molar-refractivity contribution in [1.82, 2.24) is 0 Å². The van der Waals surface area contributed by atoms with Crippen LogP contribution < -0.4 is 15.4 Å². The van der Waals surface area contributed by atoms with Crippen LogP contribution in [0.1, 0.15) is 10.4 Å². The number of rotatable bonds is 7. The van der Waals surface area contributed by atoms with E-state index in [-0.39, 0.29) is 16.1 Å². The fourth-order valence-corrected chi connectivity index (χ4v) is 4.48. The normalized spacial score (nSPS) is 11.0. The molecule has 0 aromatic heterocycles. The van der Waals surface area contributed by atoms with E-state index in [0.29, 0.717) is 5.69 Å². The second-order valence-corrected chi connectivity index (χ2v) is 9.04. The highest BCUT2D eigenvalue weighted by Crippen LogP contribution is 2.25. The summed E-state index contributed by atoms with van der Waals surface area (Å²) in [4.78, 5) is 24.4. The van der Waals surface area contributed by atoms with E-state index in [1.807, 2.05) is 0 Å². The molecule has 0 fully saturated rings. The lowest BCUT2D eigenvalue weighted by atomic mass is 10.1. The number of anilines is 2. The highest BCUT2D eigenvalue weighted by Gasteiger charge is 2.27. The number of amides is 2. The lowest BCUT2D eigenvalue weighted by Gasteiger charge is -2.24. The van der Waals surface area contributed by atoms with Gasteiger partial charge in [-0.15, -0.1) is 0 Å². The van der Waals surface area contributed by atoms with E-state index in [4.69, 9.17) is 5.73 Å². The second-order valence-electron chi connectivity index (χ2n) is 6.26. The molecule has 9 heteroatoms. The van der Waals surface area contributed by atoms with Gasteiger partial charge in [-0.05, 0) is 48.5 Å². The van der Waals surface area contributed by atoms with Crippen LogP contribution in [-0.4, -0.2) is 26.8 Å². The first-order chi connectivity index (χ1) is 14.3. The van der Waals surface area contributed by atoms with Gasteiger partial charge in [0.05, 0.1) is 21.8 Å². The zero-order valence-electron chi connectivity index (χ0n) is 15.7. The van der Waals surface area contributed by atoms with Gasteiger partial charge in [0.2, 0.25) is 5.91 Å². The molecule has 0 bridgehead atoms. The standard InChI is InChI=1S/C21H18BrN3O4S/c22-15-10-12-16(13-11-15)25(30(28,29)17-6-2-1-3-7-17)14-20(26)24-19-9-5-4-8-18(19)21(23)27/h1-13H,14H2,(H2,23,27)(H,24,26). The fraction of sp³-hybridized carbons (Fsp3) is 0.0476. The summed E-state index contributed by atoms with van der Waals surface area (Å²) in [6, 6.07) is 20.6. The molecule has 0 unspecified atom stereocenters. The summed E-state index contributed by atoms with van der Waals surface area (Å²) in [5, 5.41) is 2.57. The first-order valence-electron chi connectivity index (χ1n) is 8.81. The molecule has 0 atom stereocenters. The maximum absolute atomic E-state index is 13.2. The zero-order chi connectivity index (χ0) is 21.7. The van der Waals surface area contributed by atoms with Crippen molar-refractivity contribution in [3.05, 3.63) is 88.9 Å². The molecule has 0 heterocycles. The number of para-hydroxylation sites is 1. The lowest BCUT2D eigenvalue weighted by molar-refractivity contribution is -0.114. The zero-order valence-corrected chi connectivity index (χ0v) is 18.1. The highest BCUT2D eigenvalue weighted by molar-refractivity contribution is 9.10. The summed E-state index contributed by atoms with van der Waals surface area (Å²) in [5.74, 6) is -1.32. The molecule has 0 saturated carbocycles. The molecule has 0 aliphatic rings. The van der Waals surface area contributed by atoms with Gasteiger partial charge in [0.15, 0.2) is 0 Å². The molecule has 0 radical (unpaired) electrons. The van der Waals surface area contributed by atoms with E-state index in [9.17, 15) is 18.0 Å². The van der Waals surface area contributed by atoms with Crippen molar-refractivity contribution in [3.8, 4) is 0 Å². The van der Waals surface area contributed by atoms with Crippen LogP contribution in [0.25, 0.3) is 0 Å². The van der Waals surface area contributed by atoms with Crippen molar-refractivity contribution in [1.29, 1.82) is 0 Å². The van der Waals surface area contributed by atoms with Gasteiger partial charge < -0.3 is 11.1 Å². The minimum Gasteiger partial charge on any atom is -0.366 e. The topological polar surface area (TPSA) is 110 Å². The molecular formula is C21H18BrN3O4S. The van der Waals surface area contributed by atoms with Gasteiger partial charge in [-0.25, -0.2) is 8.42 Å². The number of nitrogens with zero attached hydrogens (tertiary/aromatic N) is 1. The van der Waals surface area contributed by atoms with Gasteiger partial charge in [-0.1, -0.05) is 46.3 Å². The Morgan fingerprint density at radius 3 is 2.13 bits per heavy atom. The third-order valence-electron chi connectivity index (χ3n) is 4.20. The molecule has 3 aromatic rings. The molecule has 3 N–H and O–H groups in total. The number of hydrogen-bond acceptors (Lipinski definition) is 4. The van der Waals surface area contributed by atoms with E-state index in [0.717, 1.165) is 8.78 Å². The second kappa shape index (κ2) is 9.10. The summed E-state index contributed by atoms with van der Waals surface area (Å²) < 4.78 is 28.3. The van der Waals surface area contributed by atoms with Crippen LogP contribution in [0, 0.1) is 0 Å². The first-order valence-corrected chi connectivity index (χ1v) is 11.0. The number of nitrogens with one attached hydrogen (secondary N) is 1. The number of carbonyl (C=O) groups excluding carboxylic acids is 2. The van der Waals surface area contributed by atoms with Crippen molar-refractivity contribution in [3.63, 3.8) is 0 Å². The van der Waals surface area contributed by atoms with E-state index >= 15 is 0 Å². The third kappa shape index (κ3) is 4.87. The molecule has 3 aromatic carbocycles. The van der Waals surface area contributed by atoms with Crippen LogP contribution in [0.2, 0.25) is 0 Å². The smallest absolute Gasteiger partial charge is 0.264 e. The number of nitrogens with two attached hydrogens (primary N) is 1. The summed E-state index contributed by atoms with van der Waals surface area (Å²) in [6.07, 6.45) is 0. The fourth-order valence-electron chi connectivity index (χ4n) is 2.77. The van der Waals surface area contributed by atoms with Crippen LogP contribution in [0.5, 0.6) is 0 Å². The Morgan fingerprint density at radius 1 is 0.900 bits per heavy atom. The predicted octanol–water partition coefficient (Wildman–Crippen LogP) is 3.38. The molecular weight excluding hydrogens is 470 g/mol. The molecule has 0 saturated heterocycles. The molecule has 0 aliphatic carbocycles. The predicted molar refractivity (Wildman–Crippen MR) is 119 cm³/mol. The van der Waals surface area contributed by atoms with Crippen molar-refractivity contribution in [2.45, 2.75) is 4.90 Å². The summed E-state index contributed by atoms with van der Waals surface area (Å²) in [6.45, 7) is -0.494. The van der Waals surface area contributed by atoms with Crippen LogP contribution in [-0.2, 0) is 14.8 Å². The summed E-state index contributed by atoms with van der Waals surface area (Å²) in [7, 11) is -4.02. The Kier molecular flexibility index (Phi) is 6.53. The van der Waals surface area contributed by atoms with Crippen molar-refractivity contribution in [2.75, 3.05) is 16.2 Å². The molecule has 3 rings (SSSR count). The van der Waals surface area contributed by atoms with Gasteiger partial charge in [0.1, 0.15) is 6.54 Å². The number of benzene rings is 3. The van der Waals surface area contributed by atoms with Gasteiger partial charge in [0.25, 0.3) is 15.9 Å². The highest BCUT2D eigenvalue weighted by atomic mass is 79.9. The average Bonchev–Trinajstić information content (AvgIpc) is 2.73. The Morgan fingerprint density at radius 2 is 1.50 bits per heavy atom. The maximum Gasteiger partial charge on any atom is 0.264 e. The molecule has 2 amide bonds. The average molecular weight is 488 g/mol. The van der Waals surface area contributed by atoms with Crippen molar-refractivity contribution in [2.24, 2.45) is 5.73 Å². The number of sulfonamides is 1. The Balaban J connectivity index is 1.95. The first kappa shape index (κ1) is 21.5. The van der Waals surface area contributed by atoms with E-state index in [1.54, 1.807) is 54.6 Å². The minimum atomic E-state index is -4.02. The Hall–Kier alpha value is -3.17. The van der Waals surface area contributed by atoms with Crippen LogP contribution in [0.15, 0.2) is 88.2 Å². The van der Waals surface area contributed by atoms with Crippen LogP contribution in [0.3, 0.4) is 0 Å². The van der Waals surface area contributed by atoms with Gasteiger partial charge in [0, 0.05) is 4.47 Å². The Labute approximate surface area is 182 Å². The number of carbonyl (C=O) groups is 2. The number of primary amides is 1.